The van der Waals surface area contributed by atoms with Crippen LogP contribution in [0.2, 0.25) is 0 Å². The monoisotopic (exact) mass is 313 g/mol. The minimum atomic E-state index is -0.157. The molecule has 1 aliphatic rings. The zero-order valence-electron chi connectivity index (χ0n) is 13.6. The lowest BCUT2D eigenvalue weighted by atomic mass is 9.93. The number of carbonyl (C=O) groups is 1. The number of carbonyl (C=O) groups excluding carboxylic acids is 1. The number of aromatic nitrogens is 1. The summed E-state index contributed by atoms with van der Waals surface area (Å²) in [6.45, 7) is 1.99. The summed E-state index contributed by atoms with van der Waals surface area (Å²) in [5.74, 6) is 0.745. The maximum absolute atomic E-state index is 11.9. The summed E-state index contributed by atoms with van der Waals surface area (Å²) in [7, 11) is 1.64. The largest absolute Gasteiger partial charge is 0.393 e. The first-order valence-corrected chi connectivity index (χ1v) is 8.14. The fourth-order valence-electron chi connectivity index (χ4n) is 3.22. The molecule has 0 unspecified atom stereocenters. The average molecular weight is 313 g/mol. The molecule has 0 spiro atoms. The van der Waals surface area contributed by atoms with E-state index < -0.39 is 0 Å². The molecular formula is C18H23N3O2. The van der Waals surface area contributed by atoms with Gasteiger partial charge in [0, 0.05) is 30.2 Å². The third-order valence-corrected chi connectivity index (χ3v) is 4.58. The van der Waals surface area contributed by atoms with E-state index in [1.54, 1.807) is 7.05 Å². The van der Waals surface area contributed by atoms with Gasteiger partial charge in [-0.15, -0.1) is 0 Å². The van der Waals surface area contributed by atoms with E-state index in [-0.39, 0.29) is 12.0 Å². The number of rotatable bonds is 3. The van der Waals surface area contributed by atoms with Gasteiger partial charge in [-0.2, -0.15) is 0 Å². The molecule has 5 nitrogen and oxygen atoms in total. The fourth-order valence-corrected chi connectivity index (χ4v) is 3.22. The number of benzene rings is 1. The van der Waals surface area contributed by atoms with E-state index >= 15 is 0 Å². The van der Waals surface area contributed by atoms with Gasteiger partial charge in [-0.05, 0) is 61.8 Å². The third kappa shape index (κ3) is 3.45. The normalized spacial score (nSPS) is 21.2. The Labute approximate surface area is 136 Å². The lowest BCUT2D eigenvalue weighted by molar-refractivity contribution is 0.0963. The van der Waals surface area contributed by atoms with Crippen molar-refractivity contribution in [3.63, 3.8) is 0 Å². The molecule has 1 aromatic carbocycles. The number of nitrogens with zero attached hydrogens (tertiary/aromatic N) is 1. The van der Waals surface area contributed by atoms with Gasteiger partial charge in [-0.1, -0.05) is 0 Å². The topological polar surface area (TPSA) is 74.2 Å². The van der Waals surface area contributed by atoms with Crippen LogP contribution in [0.3, 0.4) is 0 Å². The predicted octanol–water partition coefficient (Wildman–Crippen LogP) is 2.62. The number of aryl methyl sites for hydroxylation is 1. The second kappa shape index (κ2) is 6.54. The van der Waals surface area contributed by atoms with Gasteiger partial charge in [-0.3, -0.25) is 4.79 Å². The number of anilines is 1. The van der Waals surface area contributed by atoms with Crippen LogP contribution < -0.4 is 10.6 Å². The molecule has 0 atom stereocenters. The van der Waals surface area contributed by atoms with Crippen LogP contribution in [-0.2, 0) is 0 Å². The van der Waals surface area contributed by atoms with Crippen molar-refractivity contribution in [3.05, 3.63) is 35.5 Å². The number of hydrogen-bond donors (Lipinski definition) is 3. The van der Waals surface area contributed by atoms with Gasteiger partial charge >= 0.3 is 0 Å². The third-order valence-electron chi connectivity index (χ3n) is 4.58. The van der Waals surface area contributed by atoms with Crippen molar-refractivity contribution in [2.45, 2.75) is 44.8 Å². The Morgan fingerprint density at radius 1 is 1.22 bits per heavy atom. The van der Waals surface area contributed by atoms with E-state index in [0.29, 0.717) is 11.6 Å². The van der Waals surface area contributed by atoms with Crippen molar-refractivity contribution in [2.75, 3.05) is 12.4 Å². The second-order valence-electron chi connectivity index (χ2n) is 6.31. The summed E-state index contributed by atoms with van der Waals surface area (Å²) in [5, 5.41) is 17.8. The second-order valence-corrected chi connectivity index (χ2v) is 6.31. The van der Waals surface area contributed by atoms with E-state index in [9.17, 15) is 9.90 Å². The summed E-state index contributed by atoms with van der Waals surface area (Å²) in [5.41, 5.74) is 1.70. The van der Waals surface area contributed by atoms with E-state index in [1.165, 1.54) is 0 Å². The van der Waals surface area contributed by atoms with Gasteiger partial charge < -0.3 is 15.7 Å². The van der Waals surface area contributed by atoms with Crippen LogP contribution in [0.15, 0.2) is 24.4 Å². The first-order valence-electron chi connectivity index (χ1n) is 8.14. The molecule has 2 aromatic rings. The van der Waals surface area contributed by atoms with Crippen molar-refractivity contribution in [3.8, 4) is 0 Å². The highest BCUT2D eigenvalue weighted by atomic mass is 16.3. The predicted molar refractivity (Wildman–Crippen MR) is 91.8 cm³/mol. The number of aliphatic hydroxyl groups excluding tert-OH is 1. The molecule has 0 radical (unpaired) electrons. The molecule has 5 heteroatoms. The zero-order chi connectivity index (χ0) is 16.4. The number of aliphatic hydroxyl groups is 1. The molecule has 1 fully saturated rings. The Morgan fingerprint density at radius 2 is 1.96 bits per heavy atom. The Balaban J connectivity index is 1.86. The van der Waals surface area contributed by atoms with Crippen molar-refractivity contribution in [1.29, 1.82) is 0 Å². The van der Waals surface area contributed by atoms with E-state index in [2.05, 4.69) is 15.6 Å². The van der Waals surface area contributed by atoms with E-state index in [4.69, 9.17) is 0 Å². The molecular weight excluding hydrogens is 290 g/mol. The zero-order valence-corrected chi connectivity index (χ0v) is 13.6. The molecule has 23 heavy (non-hydrogen) atoms. The maximum Gasteiger partial charge on any atom is 0.251 e. The Bertz CT molecular complexity index is 722. The van der Waals surface area contributed by atoms with Gasteiger partial charge in [0.05, 0.1) is 6.10 Å². The Kier molecular flexibility index (Phi) is 4.48. The summed E-state index contributed by atoms with van der Waals surface area (Å²) >= 11 is 0. The lowest BCUT2D eigenvalue weighted by Gasteiger charge is -2.26. The molecule has 0 aliphatic heterocycles. The molecule has 3 N–H and O–H groups in total. The van der Waals surface area contributed by atoms with Crippen LogP contribution in [0.5, 0.6) is 0 Å². The maximum atomic E-state index is 11.9. The van der Waals surface area contributed by atoms with Crippen LogP contribution in [0.1, 0.15) is 41.6 Å². The number of hydrogen-bond acceptors (Lipinski definition) is 4. The van der Waals surface area contributed by atoms with Crippen LogP contribution in [0, 0.1) is 6.92 Å². The summed E-state index contributed by atoms with van der Waals surface area (Å²) < 4.78 is 0. The van der Waals surface area contributed by atoms with Crippen LogP contribution in [0.4, 0.5) is 5.82 Å². The summed E-state index contributed by atoms with van der Waals surface area (Å²) in [6, 6.07) is 6.14. The minimum absolute atomic E-state index is 0.0809. The summed E-state index contributed by atoms with van der Waals surface area (Å²) in [4.78, 5) is 16.4. The molecule has 1 aromatic heterocycles. The van der Waals surface area contributed by atoms with Crippen molar-refractivity contribution in [1.82, 2.24) is 10.3 Å². The standard InChI is InChI=1S/C18H23N3O2/c1-11-7-13(18(23)19-2)8-12-9-17(20-10-16(11)12)21-14-3-5-15(22)6-4-14/h7-10,14-15,22H,3-6H2,1-2H3,(H,19,23)(H,20,21). The Morgan fingerprint density at radius 3 is 2.65 bits per heavy atom. The smallest absolute Gasteiger partial charge is 0.251 e. The first-order chi connectivity index (χ1) is 11.1. The molecule has 1 saturated carbocycles. The van der Waals surface area contributed by atoms with Crippen LogP contribution in [-0.4, -0.2) is 35.2 Å². The highest BCUT2D eigenvalue weighted by molar-refractivity contribution is 5.99. The first kappa shape index (κ1) is 15.7. The molecule has 3 rings (SSSR count). The fraction of sp³-hybridized carbons (Fsp3) is 0.444. The molecule has 0 bridgehead atoms. The van der Waals surface area contributed by atoms with Crippen LogP contribution >= 0.6 is 0 Å². The lowest BCUT2D eigenvalue weighted by Crippen LogP contribution is -2.28. The SMILES string of the molecule is CNC(=O)c1cc(C)c2cnc(NC3CCC(O)CC3)cc2c1. The quantitative estimate of drug-likeness (QED) is 0.814. The van der Waals surface area contributed by atoms with E-state index in [1.807, 2.05) is 31.3 Å². The molecule has 0 saturated heterocycles. The molecule has 1 heterocycles. The number of nitrogens with one attached hydrogen (secondary N) is 2. The van der Waals surface area contributed by atoms with E-state index in [0.717, 1.165) is 47.8 Å². The van der Waals surface area contributed by atoms with Crippen LogP contribution in [0.25, 0.3) is 10.8 Å². The number of pyridine rings is 1. The van der Waals surface area contributed by atoms with Gasteiger partial charge in [-0.25, -0.2) is 4.98 Å². The number of amides is 1. The van der Waals surface area contributed by atoms with Gasteiger partial charge in [0.25, 0.3) is 5.91 Å². The molecule has 1 amide bonds. The van der Waals surface area contributed by atoms with Gasteiger partial charge in [0.1, 0.15) is 5.82 Å². The number of fused-ring (bicyclic) bond motifs is 1. The van der Waals surface area contributed by atoms with Gasteiger partial charge in [0.15, 0.2) is 0 Å². The highest BCUT2D eigenvalue weighted by Gasteiger charge is 2.19. The molecule has 1 aliphatic carbocycles. The van der Waals surface area contributed by atoms with Crippen molar-refractivity contribution < 1.29 is 9.90 Å². The van der Waals surface area contributed by atoms with Crippen molar-refractivity contribution >= 4 is 22.5 Å². The summed E-state index contributed by atoms with van der Waals surface area (Å²) in [6.07, 6.45) is 5.29. The molecule has 122 valence electrons. The van der Waals surface area contributed by atoms with Crippen molar-refractivity contribution in [2.24, 2.45) is 0 Å². The van der Waals surface area contributed by atoms with Gasteiger partial charge in [0.2, 0.25) is 0 Å². The minimum Gasteiger partial charge on any atom is -0.393 e. The Hall–Kier alpha value is -2.14. The highest BCUT2D eigenvalue weighted by Crippen LogP contribution is 2.25. The average Bonchev–Trinajstić information content (AvgIpc) is 2.56.